The smallest absolute Gasteiger partial charge is 0.0649 e. The van der Waals surface area contributed by atoms with Gasteiger partial charge in [-0.25, -0.2) is 0 Å². The quantitative estimate of drug-likeness (QED) is 0.419. The van der Waals surface area contributed by atoms with E-state index in [2.05, 4.69) is 32.9 Å². The van der Waals surface area contributed by atoms with Crippen LogP contribution in [0.25, 0.3) is 0 Å². The van der Waals surface area contributed by atoms with Gasteiger partial charge in [0.25, 0.3) is 0 Å². The first-order valence-corrected chi connectivity index (χ1v) is 4.80. The monoisotopic (exact) mass is 172 g/mol. The van der Waals surface area contributed by atoms with E-state index in [0.29, 0.717) is 5.92 Å². The molecular weight excluding hydrogens is 156 g/mol. The number of allylic oxidation sites excluding steroid dienone is 2. The van der Waals surface area contributed by atoms with Crippen LogP contribution in [0.1, 0.15) is 33.6 Å². The predicted molar refractivity (Wildman–Crippen MR) is 51.0 cm³/mol. The molecule has 0 radical (unpaired) electrons. The Bertz CT molecular complexity index is 160. The lowest BCUT2D eigenvalue weighted by molar-refractivity contribution is 0.412. The molecule has 1 aliphatic rings. The van der Waals surface area contributed by atoms with Crippen molar-refractivity contribution in [2.24, 2.45) is 11.8 Å². The van der Waals surface area contributed by atoms with Crippen LogP contribution in [-0.4, -0.2) is 4.87 Å². The van der Waals surface area contributed by atoms with Crippen LogP contribution < -0.4 is 0 Å². The lowest BCUT2D eigenvalue weighted by Crippen LogP contribution is -2.28. The van der Waals surface area contributed by atoms with Gasteiger partial charge in [0.15, 0.2) is 0 Å². The summed E-state index contributed by atoms with van der Waals surface area (Å²) in [5, 5.41) is 0. The maximum Gasteiger partial charge on any atom is 0.0649 e. The highest BCUT2D eigenvalue weighted by atomic mass is 35.5. The Balaban J connectivity index is 2.68. The summed E-state index contributed by atoms with van der Waals surface area (Å²) < 4.78 is 0. The van der Waals surface area contributed by atoms with Crippen molar-refractivity contribution in [3.8, 4) is 0 Å². The van der Waals surface area contributed by atoms with Crippen molar-refractivity contribution < 1.29 is 0 Å². The van der Waals surface area contributed by atoms with E-state index < -0.39 is 0 Å². The fourth-order valence-electron chi connectivity index (χ4n) is 1.43. The van der Waals surface area contributed by atoms with E-state index in [9.17, 15) is 0 Å². The van der Waals surface area contributed by atoms with Crippen LogP contribution in [-0.2, 0) is 0 Å². The van der Waals surface area contributed by atoms with Gasteiger partial charge in [-0.05, 0) is 24.7 Å². The van der Waals surface area contributed by atoms with Crippen molar-refractivity contribution in [1.82, 2.24) is 0 Å². The first-order valence-electron chi connectivity index (χ1n) is 4.43. The molecule has 1 rings (SSSR count). The van der Waals surface area contributed by atoms with Crippen molar-refractivity contribution in [2.75, 3.05) is 0 Å². The van der Waals surface area contributed by atoms with Gasteiger partial charge < -0.3 is 0 Å². The van der Waals surface area contributed by atoms with Crippen molar-refractivity contribution >= 4 is 11.6 Å². The second-order valence-electron chi connectivity index (χ2n) is 3.96. The van der Waals surface area contributed by atoms with Gasteiger partial charge in [-0.2, -0.15) is 0 Å². The standard InChI is InChI=1S/C10H17Cl/c1-8(2)10(11)6-4-9(3)5-7-10/h4,6,8-9H,5,7H2,1-3H3. The third-order valence-electron chi connectivity index (χ3n) is 2.64. The Kier molecular flexibility index (Phi) is 2.64. The minimum atomic E-state index is -0.0491. The Morgan fingerprint density at radius 1 is 1.55 bits per heavy atom. The molecule has 0 aromatic heterocycles. The van der Waals surface area contributed by atoms with Crippen LogP contribution >= 0.6 is 11.6 Å². The van der Waals surface area contributed by atoms with Crippen molar-refractivity contribution in [3.05, 3.63) is 12.2 Å². The molecule has 0 fully saturated rings. The number of hydrogen-bond donors (Lipinski definition) is 0. The van der Waals surface area contributed by atoms with E-state index in [0.717, 1.165) is 12.3 Å². The van der Waals surface area contributed by atoms with Gasteiger partial charge >= 0.3 is 0 Å². The maximum atomic E-state index is 6.39. The highest BCUT2D eigenvalue weighted by Crippen LogP contribution is 2.37. The molecule has 0 aromatic rings. The second-order valence-corrected chi connectivity index (χ2v) is 4.66. The molecule has 2 unspecified atom stereocenters. The molecule has 0 heterocycles. The van der Waals surface area contributed by atoms with Gasteiger partial charge in [-0.3, -0.25) is 0 Å². The molecule has 0 aromatic carbocycles. The number of halogens is 1. The average molecular weight is 173 g/mol. The fraction of sp³-hybridized carbons (Fsp3) is 0.800. The van der Waals surface area contributed by atoms with E-state index in [4.69, 9.17) is 11.6 Å². The minimum Gasteiger partial charge on any atom is -0.114 e. The molecule has 0 spiro atoms. The van der Waals surface area contributed by atoms with Crippen LogP contribution in [0, 0.1) is 11.8 Å². The summed E-state index contributed by atoms with van der Waals surface area (Å²) in [6, 6.07) is 0. The van der Waals surface area contributed by atoms with E-state index in [1.165, 1.54) is 6.42 Å². The van der Waals surface area contributed by atoms with Crippen molar-refractivity contribution in [3.63, 3.8) is 0 Å². The van der Waals surface area contributed by atoms with Crippen LogP contribution in [0.3, 0.4) is 0 Å². The summed E-state index contributed by atoms with van der Waals surface area (Å²) in [5.41, 5.74) is 0. The van der Waals surface area contributed by atoms with Gasteiger partial charge in [-0.15, -0.1) is 11.6 Å². The lowest BCUT2D eigenvalue weighted by Gasteiger charge is -2.32. The number of rotatable bonds is 1. The number of hydrogen-bond acceptors (Lipinski definition) is 0. The third kappa shape index (κ3) is 1.99. The zero-order chi connectivity index (χ0) is 8.48. The van der Waals surface area contributed by atoms with Gasteiger partial charge in [-0.1, -0.05) is 32.9 Å². The summed E-state index contributed by atoms with van der Waals surface area (Å²) >= 11 is 6.39. The normalized spacial score (nSPS) is 38.1. The zero-order valence-electron chi connectivity index (χ0n) is 7.60. The predicted octanol–water partition coefficient (Wildman–Crippen LogP) is 3.61. The van der Waals surface area contributed by atoms with E-state index in [1.54, 1.807) is 0 Å². The van der Waals surface area contributed by atoms with Crippen LogP contribution in [0.2, 0.25) is 0 Å². The van der Waals surface area contributed by atoms with Gasteiger partial charge in [0.2, 0.25) is 0 Å². The number of alkyl halides is 1. The average Bonchev–Trinajstić information content (AvgIpc) is 1.95. The van der Waals surface area contributed by atoms with E-state index in [1.807, 2.05) is 0 Å². The molecule has 0 saturated heterocycles. The molecule has 1 heteroatoms. The van der Waals surface area contributed by atoms with Crippen LogP contribution in [0.15, 0.2) is 12.2 Å². The fourth-order valence-corrected chi connectivity index (χ4v) is 1.62. The highest BCUT2D eigenvalue weighted by molar-refractivity contribution is 6.25. The van der Waals surface area contributed by atoms with E-state index >= 15 is 0 Å². The van der Waals surface area contributed by atoms with Crippen LogP contribution in [0.4, 0.5) is 0 Å². The topological polar surface area (TPSA) is 0 Å². The minimum absolute atomic E-state index is 0.0491. The molecule has 64 valence electrons. The summed E-state index contributed by atoms with van der Waals surface area (Å²) in [7, 11) is 0. The first-order chi connectivity index (χ1) is 5.04. The van der Waals surface area contributed by atoms with Gasteiger partial charge in [0.05, 0.1) is 4.87 Å². The lowest BCUT2D eigenvalue weighted by atomic mass is 9.82. The second kappa shape index (κ2) is 3.18. The van der Waals surface area contributed by atoms with Crippen molar-refractivity contribution in [2.45, 2.75) is 38.5 Å². The molecule has 2 atom stereocenters. The van der Waals surface area contributed by atoms with E-state index in [-0.39, 0.29) is 4.87 Å². The molecule has 1 aliphatic carbocycles. The molecule has 0 N–H and O–H groups in total. The molecule has 0 aliphatic heterocycles. The van der Waals surface area contributed by atoms with Crippen molar-refractivity contribution in [1.29, 1.82) is 0 Å². The van der Waals surface area contributed by atoms with Gasteiger partial charge in [0, 0.05) is 0 Å². The largest absolute Gasteiger partial charge is 0.114 e. The first kappa shape index (κ1) is 9.12. The summed E-state index contributed by atoms with van der Waals surface area (Å²) in [4.78, 5) is -0.0491. The Morgan fingerprint density at radius 3 is 2.55 bits per heavy atom. The third-order valence-corrected chi connectivity index (χ3v) is 3.40. The summed E-state index contributed by atoms with van der Waals surface area (Å²) in [5.74, 6) is 1.27. The highest BCUT2D eigenvalue weighted by Gasteiger charge is 2.30. The Morgan fingerprint density at radius 2 is 2.18 bits per heavy atom. The molecule has 0 bridgehead atoms. The molecule has 0 saturated carbocycles. The molecule has 0 nitrogen and oxygen atoms in total. The Labute approximate surface area is 74.6 Å². The molecule has 11 heavy (non-hydrogen) atoms. The van der Waals surface area contributed by atoms with Crippen LogP contribution in [0.5, 0.6) is 0 Å². The molecular formula is C10H17Cl. The molecule has 0 amide bonds. The zero-order valence-corrected chi connectivity index (χ0v) is 8.36. The SMILES string of the molecule is CC1C=CC(Cl)(C(C)C)CC1. The Hall–Kier alpha value is 0.0300. The van der Waals surface area contributed by atoms with Gasteiger partial charge in [0.1, 0.15) is 0 Å². The maximum absolute atomic E-state index is 6.39. The summed E-state index contributed by atoms with van der Waals surface area (Å²) in [6.45, 7) is 6.62. The summed E-state index contributed by atoms with van der Waals surface area (Å²) in [6.07, 6.45) is 6.80.